The highest BCUT2D eigenvalue weighted by Crippen LogP contribution is 2.29. The molecule has 1 amide bonds. The van der Waals surface area contributed by atoms with E-state index in [0.29, 0.717) is 11.3 Å². The molecule has 1 aromatic carbocycles. The lowest BCUT2D eigenvalue weighted by molar-refractivity contribution is -0.384. The van der Waals surface area contributed by atoms with Gasteiger partial charge in [0.05, 0.1) is 11.5 Å². The number of ether oxygens (including phenoxy) is 1. The Kier molecular flexibility index (Phi) is 7.07. The van der Waals surface area contributed by atoms with Crippen molar-refractivity contribution < 1.29 is 14.5 Å². The summed E-state index contributed by atoms with van der Waals surface area (Å²) in [4.78, 5) is 22.2. The number of thiocyanates is 1. The van der Waals surface area contributed by atoms with Crippen molar-refractivity contribution >= 4 is 46.6 Å². The van der Waals surface area contributed by atoms with Crippen LogP contribution in [-0.2, 0) is 4.74 Å². The van der Waals surface area contributed by atoms with Crippen molar-refractivity contribution in [2.45, 2.75) is 18.2 Å². The number of thioether (sulfide) groups is 1. The Hall–Kier alpha value is -2.38. The van der Waals surface area contributed by atoms with Crippen molar-refractivity contribution in [2.75, 3.05) is 11.9 Å². The zero-order valence-corrected chi connectivity index (χ0v) is 13.1. The second-order valence-corrected chi connectivity index (χ2v) is 5.11. The van der Waals surface area contributed by atoms with Gasteiger partial charge in [-0.25, -0.2) is 4.79 Å². The highest BCUT2D eigenvalue weighted by molar-refractivity contribution is 8.03. The van der Waals surface area contributed by atoms with E-state index in [1.165, 1.54) is 18.2 Å². The number of amides is 1. The average molecular weight is 340 g/mol. The fourth-order valence-electron chi connectivity index (χ4n) is 1.36. The number of alkyl carbamates (subject to hydrolysis) is 1. The van der Waals surface area contributed by atoms with Crippen molar-refractivity contribution in [3.63, 3.8) is 0 Å². The van der Waals surface area contributed by atoms with Crippen LogP contribution in [-0.4, -0.2) is 22.7 Å². The number of nitriles is 1. The summed E-state index contributed by atoms with van der Waals surface area (Å²) in [5.41, 5.74) is -0.153. The molecule has 0 aliphatic carbocycles. The van der Waals surface area contributed by atoms with Gasteiger partial charge in [0.2, 0.25) is 0 Å². The minimum absolute atomic E-state index is 0.105. The van der Waals surface area contributed by atoms with Crippen LogP contribution < -0.4 is 10.6 Å². The molecule has 0 atom stereocenters. The molecular weight excluding hydrogens is 328 g/mol. The van der Waals surface area contributed by atoms with E-state index in [1.807, 2.05) is 12.3 Å². The Labute approximate surface area is 136 Å². The molecule has 0 saturated heterocycles. The molecule has 22 heavy (non-hydrogen) atoms. The Balaban J connectivity index is 2.80. The Morgan fingerprint density at radius 1 is 1.59 bits per heavy atom. The maximum atomic E-state index is 11.3. The molecule has 0 saturated carbocycles. The van der Waals surface area contributed by atoms with Gasteiger partial charge in [-0.15, -0.1) is 0 Å². The second kappa shape index (κ2) is 8.81. The maximum absolute atomic E-state index is 11.3. The van der Waals surface area contributed by atoms with Gasteiger partial charge in [-0.05, 0) is 42.5 Å². The first kappa shape index (κ1) is 17.7. The molecule has 0 heterocycles. The number of thiocarbonyl (C=S) groups is 1. The zero-order valence-electron chi connectivity index (χ0n) is 11.5. The molecule has 0 fully saturated rings. The van der Waals surface area contributed by atoms with Crippen LogP contribution >= 0.6 is 24.0 Å². The van der Waals surface area contributed by atoms with Gasteiger partial charge >= 0.3 is 6.09 Å². The van der Waals surface area contributed by atoms with E-state index in [0.717, 1.165) is 11.8 Å². The van der Waals surface area contributed by atoms with Gasteiger partial charge in [0, 0.05) is 11.0 Å². The number of nitro benzene ring substituents is 1. The first-order valence-corrected chi connectivity index (χ1v) is 7.29. The first-order chi connectivity index (χ1) is 10.5. The normalized spacial score (nSPS) is 9.45. The van der Waals surface area contributed by atoms with E-state index in [1.54, 1.807) is 0 Å². The van der Waals surface area contributed by atoms with E-state index in [9.17, 15) is 14.9 Å². The Morgan fingerprint density at radius 2 is 2.32 bits per heavy atom. The largest absolute Gasteiger partial charge is 0.449 e. The standard InChI is InChI=1S/C12H12N4O4S2/c1-2-5-20-12(17)15-11(21)14-9-4-3-8(22-7-13)6-10(9)16(18)19/h3-4,6H,2,5H2,1H3,(H2,14,15,17,21). The third kappa shape index (κ3) is 5.55. The summed E-state index contributed by atoms with van der Waals surface area (Å²) in [7, 11) is 0. The van der Waals surface area contributed by atoms with Crippen molar-refractivity contribution in [1.82, 2.24) is 5.32 Å². The fraction of sp³-hybridized carbons (Fsp3) is 0.250. The van der Waals surface area contributed by atoms with Gasteiger partial charge in [0.25, 0.3) is 5.69 Å². The molecule has 0 unspecified atom stereocenters. The second-order valence-electron chi connectivity index (χ2n) is 3.84. The quantitative estimate of drug-likeness (QED) is 0.276. The predicted molar refractivity (Wildman–Crippen MR) is 85.6 cm³/mol. The number of rotatable bonds is 5. The smallest absolute Gasteiger partial charge is 0.413 e. The average Bonchev–Trinajstić information content (AvgIpc) is 2.46. The lowest BCUT2D eigenvalue weighted by Crippen LogP contribution is -2.34. The molecule has 0 aliphatic heterocycles. The van der Waals surface area contributed by atoms with Gasteiger partial charge in [0.1, 0.15) is 11.1 Å². The highest BCUT2D eigenvalue weighted by Gasteiger charge is 2.16. The number of nitrogens with zero attached hydrogens (tertiary/aromatic N) is 2. The number of hydrogen-bond acceptors (Lipinski definition) is 7. The van der Waals surface area contributed by atoms with Crippen LogP contribution in [0.5, 0.6) is 0 Å². The number of anilines is 1. The third-order valence-electron chi connectivity index (χ3n) is 2.23. The summed E-state index contributed by atoms with van der Waals surface area (Å²) in [6.07, 6.45) is -0.0736. The van der Waals surface area contributed by atoms with Crippen molar-refractivity contribution in [3.8, 4) is 5.40 Å². The molecule has 0 radical (unpaired) electrons. The predicted octanol–water partition coefficient (Wildman–Crippen LogP) is 3.00. The van der Waals surface area contributed by atoms with Crippen LogP contribution in [0, 0.1) is 20.8 Å². The molecule has 0 aromatic heterocycles. The van der Waals surface area contributed by atoms with E-state index in [4.69, 9.17) is 22.2 Å². The SMILES string of the molecule is CCCOC(=O)NC(=S)Nc1ccc(SC#N)cc1[N+](=O)[O-]. The molecule has 10 heteroatoms. The molecule has 1 rings (SSSR count). The van der Waals surface area contributed by atoms with Gasteiger partial charge in [-0.1, -0.05) is 6.92 Å². The van der Waals surface area contributed by atoms with Gasteiger partial charge < -0.3 is 10.1 Å². The van der Waals surface area contributed by atoms with Gasteiger partial charge in [-0.2, -0.15) is 5.26 Å². The van der Waals surface area contributed by atoms with Crippen LogP contribution in [0.3, 0.4) is 0 Å². The van der Waals surface area contributed by atoms with Gasteiger partial charge in [0.15, 0.2) is 5.11 Å². The lowest BCUT2D eigenvalue weighted by atomic mass is 10.2. The van der Waals surface area contributed by atoms with Crippen LogP contribution in [0.15, 0.2) is 23.1 Å². The Bertz CT molecular complexity index is 630. The zero-order chi connectivity index (χ0) is 16.5. The molecule has 116 valence electrons. The number of nitrogens with one attached hydrogen (secondary N) is 2. The van der Waals surface area contributed by atoms with Crippen LogP contribution in [0.2, 0.25) is 0 Å². The van der Waals surface area contributed by atoms with Gasteiger partial charge in [-0.3, -0.25) is 15.4 Å². The summed E-state index contributed by atoms with van der Waals surface area (Å²) in [5.74, 6) is 0. The highest BCUT2D eigenvalue weighted by atomic mass is 32.2. The number of nitro groups is 1. The Morgan fingerprint density at radius 3 is 2.91 bits per heavy atom. The summed E-state index contributed by atoms with van der Waals surface area (Å²) in [6.45, 7) is 2.09. The number of benzene rings is 1. The monoisotopic (exact) mass is 340 g/mol. The van der Waals surface area contributed by atoms with E-state index in [-0.39, 0.29) is 23.1 Å². The summed E-state index contributed by atoms with van der Waals surface area (Å²) in [5, 5.41) is 26.1. The van der Waals surface area contributed by atoms with Crippen LogP contribution in [0.1, 0.15) is 13.3 Å². The number of carbonyl (C=O) groups excluding carboxylic acids is 1. The van der Waals surface area contributed by atoms with Crippen molar-refractivity contribution in [2.24, 2.45) is 0 Å². The summed E-state index contributed by atoms with van der Waals surface area (Å²) < 4.78 is 4.78. The van der Waals surface area contributed by atoms with E-state index < -0.39 is 11.0 Å². The summed E-state index contributed by atoms with van der Waals surface area (Å²) >= 11 is 5.69. The van der Waals surface area contributed by atoms with E-state index in [2.05, 4.69) is 10.6 Å². The molecule has 0 spiro atoms. The molecule has 2 N–H and O–H groups in total. The third-order valence-corrected chi connectivity index (χ3v) is 3.02. The minimum atomic E-state index is -0.737. The number of hydrogen-bond donors (Lipinski definition) is 2. The molecule has 0 aliphatic rings. The molecular formula is C12H12N4O4S2. The first-order valence-electron chi connectivity index (χ1n) is 6.07. The summed E-state index contributed by atoms with van der Waals surface area (Å²) in [6, 6.07) is 4.18. The van der Waals surface area contributed by atoms with E-state index >= 15 is 0 Å². The minimum Gasteiger partial charge on any atom is -0.449 e. The van der Waals surface area contributed by atoms with Crippen molar-refractivity contribution in [1.29, 1.82) is 5.26 Å². The number of carbonyl (C=O) groups is 1. The molecule has 0 bridgehead atoms. The molecule has 1 aromatic rings. The maximum Gasteiger partial charge on any atom is 0.413 e. The van der Waals surface area contributed by atoms with Crippen LogP contribution in [0.4, 0.5) is 16.2 Å². The molecule has 8 nitrogen and oxygen atoms in total. The van der Waals surface area contributed by atoms with Crippen LogP contribution in [0.25, 0.3) is 0 Å². The lowest BCUT2D eigenvalue weighted by Gasteiger charge is -2.10. The fourth-order valence-corrected chi connectivity index (χ4v) is 1.97. The van der Waals surface area contributed by atoms with Crippen molar-refractivity contribution in [3.05, 3.63) is 28.3 Å². The topological polar surface area (TPSA) is 117 Å².